The summed E-state index contributed by atoms with van der Waals surface area (Å²) in [5.74, 6) is 0.676. The van der Waals surface area contributed by atoms with E-state index in [-0.39, 0.29) is 5.24 Å². The van der Waals surface area contributed by atoms with E-state index in [9.17, 15) is 9.59 Å². The van der Waals surface area contributed by atoms with Crippen molar-refractivity contribution in [2.75, 3.05) is 7.11 Å². The predicted octanol–water partition coefficient (Wildman–Crippen LogP) is 3.65. The van der Waals surface area contributed by atoms with E-state index in [1.807, 2.05) is 6.07 Å². The molecule has 1 aliphatic heterocycles. The van der Waals surface area contributed by atoms with Crippen molar-refractivity contribution in [3.8, 4) is 11.5 Å². The Labute approximate surface area is 153 Å². The fraction of sp³-hybridized carbons (Fsp3) is 0.118. The smallest absolute Gasteiger partial charge is 0.290 e. The number of nitrogens with one attached hydrogen (secondary N) is 1. The average Bonchev–Trinajstić information content (AvgIpc) is 2.92. The number of halogens is 1. The Kier molecular flexibility index (Phi) is 5.25. The number of hydrogen-bond acceptors (Lipinski definition) is 6. The third-order valence-corrected chi connectivity index (χ3v) is 4.34. The maximum atomic E-state index is 11.6. The minimum atomic E-state index is -0.399. The van der Waals surface area contributed by atoms with Crippen LogP contribution in [0.5, 0.6) is 11.5 Å². The lowest BCUT2D eigenvalue weighted by atomic mass is 10.2. The van der Waals surface area contributed by atoms with Crippen LogP contribution >= 0.6 is 23.4 Å². The summed E-state index contributed by atoms with van der Waals surface area (Å²) in [5.41, 5.74) is 1.60. The van der Waals surface area contributed by atoms with E-state index < -0.39 is 5.91 Å². The summed E-state index contributed by atoms with van der Waals surface area (Å²) in [6, 6.07) is 8.78. The molecule has 2 amide bonds. The number of amides is 2. The van der Waals surface area contributed by atoms with Crippen LogP contribution in [0.2, 0.25) is 5.15 Å². The molecule has 8 heteroatoms. The van der Waals surface area contributed by atoms with Crippen LogP contribution in [0.15, 0.2) is 41.4 Å². The number of hydrogen-bond donors (Lipinski definition) is 1. The Balaban J connectivity index is 1.75. The number of benzene rings is 1. The number of aromatic nitrogens is 1. The quantitative estimate of drug-likeness (QED) is 0.634. The molecule has 0 bridgehead atoms. The molecular weight excluding hydrogens is 364 g/mol. The fourth-order valence-corrected chi connectivity index (χ4v) is 2.91. The predicted molar refractivity (Wildman–Crippen MR) is 95.7 cm³/mol. The number of imide groups is 1. The van der Waals surface area contributed by atoms with Gasteiger partial charge in [0.2, 0.25) is 0 Å². The molecule has 0 atom stereocenters. The van der Waals surface area contributed by atoms with Crippen molar-refractivity contribution in [2.45, 2.75) is 6.61 Å². The molecule has 1 aromatic heterocycles. The van der Waals surface area contributed by atoms with Gasteiger partial charge in [0.25, 0.3) is 11.1 Å². The molecule has 1 N–H and O–H groups in total. The van der Waals surface area contributed by atoms with Gasteiger partial charge in [0.05, 0.1) is 12.0 Å². The Bertz CT molecular complexity index is 852. The van der Waals surface area contributed by atoms with Crippen LogP contribution < -0.4 is 14.8 Å². The summed E-state index contributed by atoms with van der Waals surface area (Å²) in [6.07, 6.45) is 3.26. The number of pyridine rings is 1. The number of carbonyl (C=O) groups excluding carboxylic acids is 2. The molecular formula is C17H13ClN2O4S. The zero-order chi connectivity index (χ0) is 17.8. The van der Waals surface area contributed by atoms with E-state index in [0.29, 0.717) is 28.2 Å². The second kappa shape index (κ2) is 7.58. The highest BCUT2D eigenvalue weighted by Gasteiger charge is 2.25. The number of methoxy groups -OCH3 is 1. The summed E-state index contributed by atoms with van der Waals surface area (Å²) in [7, 11) is 1.53. The van der Waals surface area contributed by atoms with Crippen molar-refractivity contribution in [3.05, 3.63) is 57.7 Å². The van der Waals surface area contributed by atoms with Crippen LogP contribution in [0.3, 0.4) is 0 Å². The minimum Gasteiger partial charge on any atom is -0.493 e. The Morgan fingerprint density at radius 3 is 2.72 bits per heavy atom. The van der Waals surface area contributed by atoms with Gasteiger partial charge in [-0.3, -0.25) is 14.9 Å². The summed E-state index contributed by atoms with van der Waals surface area (Å²) >= 11 is 6.62. The molecule has 0 radical (unpaired) electrons. The molecule has 0 saturated carbocycles. The number of thioether (sulfide) groups is 1. The van der Waals surface area contributed by atoms with E-state index in [1.165, 1.54) is 7.11 Å². The molecule has 25 heavy (non-hydrogen) atoms. The van der Waals surface area contributed by atoms with Gasteiger partial charge in [0.1, 0.15) is 11.8 Å². The SMILES string of the molecule is COc1cc(/C=C2\SC(=O)NC2=O)ccc1OCc1ccc(Cl)nc1. The number of carbonyl (C=O) groups is 2. The van der Waals surface area contributed by atoms with Gasteiger partial charge in [0.15, 0.2) is 11.5 Å². The van der Waals surface area contributed by atoms with Gasteiger partial charge in [0, 0.05) is 11.8 Å². The normalized spacial score (nSPS) is 15.4. The maximum Gasteiger partial charge on any atom is 0.290 e. The summed E-state index contributed by atoms with van der Waals surface area (Å²) in [6.45, 7) is 0.313. The molecule has 0 aliphatic carbocycles. The Morgan fingerprint density at radius 2 is 2.08 bits per heavy atom. The lowest BCUT2D eigenvalue weighted by molar-refractivity contribution is -0.115. The lowest BCUT2D eigenvalue weighted by Crippen LogP contribution is -2.17. The number of rotatable bonds is 5. The second-order valence-corrected chi connectivity index (χ2v) is 6.44. The second-order valence-electron chi connectivity index (χ2n) is 5.04. The van der Waals surface area contributed by atoms with Crippen molar-refractivity contribution < 1.29 is 19.1 Å². The maximum absolute atomic E-state index is 11.6. The van der Waals surface area contributed by atoms with Gasteiger partial charge in [-0.05, 0) is 41.6 Å². The van der Waals surface area contributed by atoms with Crippen LogP contribution in [0.1, 0.15) is 11.1 Å². The van der Waals surface area contributed by atoms with Gasteiger partial charge in [-0.15, -0.1) is 0 Å². The zero-order valence-electron chi connectivity index (χ0n) is 13.1. The van der Waals surface area contributed by atoms with Gasteiger partial charge in [-0.1, -0.05) is 23.7 Å². The van der Waals surface area contributed by atoms with E-state index in [2.05, 4.69) is 10.3 Å². The van der Waals surface area contributed by atoms with Crippen molar-refractivity contribution in [1.29, 1.82) is 0 Å². The molecule has 1 saturated heterocycles. The zero-order valence-corrected chi connectivity index (χ0v) is 14.7. The summed E-state index contributed by atoms with van der Waals surface area (Å²) in [5, 5.41) is 2.26. The monoisotopic (exact) mass is 376 g/mol. The van der Waals surface area contributed by atoms with Crippen LogP contribution in [-0.2, 0) is 11.4 Å². The van der Waals surface area contributed by atoms with Crippen molar-refractivity contribution in [3.63, 3.8) is 0 Å². The Morgan fingerprint density at radius 1 is 1.24 bits per heavy atom. The first-order chi connectivity index (χ1) is 12.0. The highest BCUT2D eigenvalue weighted by atomic mass is 35.5. The molecule has 3 rings (SSSR count). The third-order valence-electron chi connectivity index (χ3n) is 3.31. The molecule has 1 fully saturated rings. The first-order valence-corrected chi connectivity index (χ1v) is 8.41. The minimum absolute atomic E-state index is 0.313. The van der Waals surface area contributed by atoms with Crippen LogP contribution in [0.25, 0.3) is 6.08 Å². The van der Waals surface area contributed by atoms with E-state index in [1.54, 1.807) is 36.5 Å². The molecule has 0 spiro atoms. The first kappa shape index (κ1) is 17.3. The van der Waals surface area contributed by atoms with Gasteiger partial charge < -0.3 is 9.47 Å². The first-order valence-electron chi connectivity index (χ1n) is 7.21. The topological polar surface area (TPSA) is 77.5 Å². The molecule has 2 heterocycles. The van der Waals surface area contributed by atoms with Gasteiger partial charge in [-0.25, -0.2) is 4.98 Å². The lowest BCUT2D eigenvalue weighted by Gasteiger charge is -2.11. The Hall–Kier alpha value is -2.51. The molecule has 128 valence electrons. The third kappa shape index (κ3) is 4.32. The average molecular weight is 377 g/mol. The molecule has 6 nitrogen and oxygen atoms in total. The molecule has 1 aromatic carbocycles. The van der Waals surface area contributed by atoms with Crippen LogP contribution in [-0.4, -0.2) is 23.2 Å². The fourth-order valence-electron chi connectivity index (χ4n) is 2.12. The van der Waals surface area contributed by atoms with E-state index in [0.717, 1.165) is 22.9 Å². The van der Waals surface area contributed by atoms with Crippen LogP contribution in [0.4, 0.5) is 4.79 Å². The van der Waals surface area contributed by atoms with Crippen molar-refractivity contribution in [1.82, 2.24) is 10.3 Å². The largest absolute Gasteiger partial charge is 0.493 e. The van der Waals surface area contributed by atoms with Crippen LogP contribution in [0, 0.1) is 0 Å². The summed E-state index contributed by atoms with van der Waals surface area (Å²) in [4.78, 5) is 27.1. The standard InChI is InChI=1S/C17H13ClN2O4S/c1-23-13-6-10(7-14-16(21)20-17(22)25-14)2-4-12(13)24-9-11-3-5-15(18)19-8-11/h2-8H,9H2,1H3,(H,20,21,22)/b14-7-. The van der Waals surface area contributed by atoms with E-state index in [4.69, 9.17) is 21.1 Å². The summed E-state index contributed by atoms with van der Waals surface area (Å²) < 4.78 is 11.1. The van der Waals surface area contributed by atoms with Gasteiger partial charge >= 0.3 is 0 Å². The van der Waals surface area contributed by atoms with Crippen molar-refractivity contribution >= 4 is 40.6 Å². The number of ether oxygens (including phenoxy) is 2. The van der Waals surface area contributed by atoms with Gasteiger partial charge in [-0.2, -0.15) is 0 Å². The molecule has 0 unspecified atom stereocenters. The molecule has 1 aliphatic rings. The highest BCUT2D eigenvalue weighted by molar-refractivity contribution is 8.18. The highest BCUT2D eigenvalue weighted by Crippen LogP contribution is 2.32. The van der Waals surface area contributed by atoms with E-state index >= 15 is 0 Å². The molecule has 2 aromatic rings. The van der Waals surface area contributed by atoms with Crippen molar-refractivity contribution in [2.24, 2.45) is 0 Å². The number of nitrogens with zero attached hydrogens (tertiary/aromatic N) is 1.